The Labute approximate surface area is 215 Å². The van der Waals surface area contributed by atoms with Gasteiger partial charge in [0, 0.05) is 33.8 Å². The zero-order valence-electron chi connectivity index (χ0n) is 21.3. The molecule has 6 nitrogen and oxygen atoms in total. The van der Waals surface area contributed by atoms with Crippen LogP contribution in [0.15, 0.2) is 86.6 Å². The third-order valence-corrected chi connectivity index (χ3v) is 6.28. The van der Waals surface area contributed by atoms with Gasteiger partial charge in [0.15, 0.2) is 0 Å². The topological polar surface area (TPSA) is 71.5 Å². The van der Waals surface area contributed by atoms with Gasteiger partial charge in [-0.1, -0.05) is 24.3 Å². The van der Waals surface area contributed by atoms with Crippen LogP contribution in [0, 0.1) is 13.8 Å². The summed E-state index contributed by atoms with van der Waals surface area (Å²) in [4.78, 5) is 4.80. The number of aromatic nitrogens is 1. The number of rotatable bonds is 7. The van der Waals surface area contributed by atoms with Crippen LogP contribution in [0.1, 0.15) is 41.9 Å². The summed E-state index contributed by atoms with van der Waals surface area (Å²) in [6.07, 6.45) is 3.05. The monoisotopic (exact) mass is 500 g/mol. The Balaban J connectivity index is 1.86. The van der Waals surface area contributed by atoms with Crippen molar-refractivity contribution in [3.8, 4) is 11.5 Å². The number of ether oxygens (including phenoxy) is 1. The fourth-order valence-corrected chi connectivity index (χ4v) is 4.46. The van der Waals surface area contributed by atoms with Gasteiger partial charge in [-0.3, -0.25) is 13.6 Å². The molecule has 1 aliphatic rings. The second-order valence-corrected chi connectivity index (χ2v) is 8.70. The van der Waals surface area contributed by atoms with Crippen LogP contribution in [0.2, 0.25) is 0 Å². The highest BCUT2D eigenvalue weighted by Crippen LogP contribution is 2.38. The lowest BCUT2D eigenvalue weighted by molar-refractivity contribution is 0.415. The Morgan fingerprint density at radius 1 is 1.00 bits per heavy atom. The van der Waals surface area contributed by atoms with E-state index in [-0.39, 0.29) is 5.75 Å². The van der Waals surface area contributed by atoms with Crippen molar-refractivity contribution in [2.24, 2.45) is 15.2 Å². The summed E-state index contributed by atoms with van der Waals surface area (Å²) >= 11 is 0. The number of aryl methyl sites for hydroxylation is 2. The van der Waals surface area contributed by atoms with E-state index in [0.29, 0.717) is 39.7 Å². The summed E-state index contributed by atoms with van der Waals surface area (Å²) in [7, 11) is -1.13. The highest BCUT2D eigenvalue weighted by atomic mass is 19.2. The first-order valence-corrected chi connectivity index (χ1v) is 11.7. The minimum absolute atomic E-state index is 0.109. The van der Waals surface area contributed by atoms with Gasteiger partial charge in [0.25, 0.3) is 0 Å². The van der Waals surface area contributed by atoms with Gasteiger partial charge in [-0.2, -0.15) is 10.2 Å². The molecule has 0 amide bonds. The maximum atomic E-state index is 14.2. The molecule has 1 N–H and O–H groups in total. The van der Waals surface area contributed by atoms with E-state index in [1.54, 1.807) is 62.7 Å². The minimum Gasteiger partial charge on any atom is -0.507 e. The SMILES string of the molecule is COc1ccc(/C(=C2/N=C(C)C(/C=N/N=C/c3ccccc3O)=C2C)c2c(C)cc(C)n2B(F)F)cc1. The van der Waals surface area contributed by atoms with Gasteiger partial charge in [0.05, 0.1) is 25.2 Å². The van der Waals surface area contributed by atoms with Crippen molar-refractivity contribution in [2.75, 3.05) is 7.11 Å². The molecule has 4 rings (SSSR count). The molecule has 0 unspecified atom stereocenters. The van der Waals surface area contributed by atoms with Crippen LogP contribution in [0.4, 0.5) is 8.63 Å². The quantitative estimate of drug-likeness (QED) is 0.237. The number of phenolic OH excluding ortho intramolecular Hbond substituents is 1. The number of phenols is 1. The molecule has 188 valence electrons. The number of aromatic hydroxyl groups is 1. The number of allylic oxidation sites excluding steroid dienone is 2. The van der Waals surface area contributed by atoms with Gasteiger partial charge in [0.2, 0.25) is 0 Å². The number of halogens is 2. The van der Waals surface area contributed by atoms with E-state index in [1.807, 2.05) is 32.9 Å². The molecular formula is C28H27BF2N4O2. The van der Waals surface area contributed by atoms with Crippen molar-refractivity contribution in [3.63, 3.8) is 0 Å². The van der Waals surface area contributed by atoms with E-state index >= 15 is 0 Å². The van der Waals surface area contributed by atoms with Crippen molar-refractivity contribution < 1.29 is 18.5 Å². The Kier molecular flexibility index (Phi) is 7.52. The van der Waals surface area contributed by atoms with Crippen LogP contribution in [-0.2, 0) is 0 Å². The number of benzene rings is 2. The molecule has 9 heteroatoms. The van der Waals surface area contributed by atoms with Crippen LogP contribution in [0.5, 0.6) is 11.5 Å². The molecule has 0 bridgehead atoms. The average Bonchev–Trinajstić information content (AvgIpc) is 3.32. The summed E-state index contributed by atoms with van der Waals surface area (Å²) in [6, 6.07) is 15.9. The van der Waals surface area contributed by atoms with Gasteiger partial charge in [-0.15, -0.1) is 0 Å². The third kappa shape index (κ3) is 5.16. The average molecular weight is 500 g/mol. The van der Waals surface area contributed by atoms with Gasteiger partial charge >= 0.3 is 7.40 Å². The van der Waals surface area contributed by atoms with E-state index in [0.717, 1.165) is 26.8 Å². The zero-order chi connectivity index (χ0) is 26.7. The minimum atomic E-state index is -2.71. The highest BCUT2D eigenvalue weighted by molar-refractivity contribution is 6.41. The van der Waals surface area contributed by atoms with Crippen molar-refractivity contribution in [1.82, 2.24) is 4.48 Å². The zero-order valence-corrected chi connectivity index (χ0v) is 21.3. The van der Waals surface area contributed by atoms with Crippen molar-refractivity contribution >= 4 is 31.1 Å². The van der Waals surface area contributed by atoms with E-state index in [1.165, 1.54) is 6.21 Å². The molecule has 2 heterocycles. The predicted molar refractivity (Wildman–Crippen MR) is 146 cm³/mol. The second-order valence-electron chi connectivity index (χ2n) is 8.70. The Morgan fingerprint density at radius 3 is 2.32 bits per heavy atom. The smallest absolute Gasteiger partial charge is 0.507 e. The number of hydrogen-bond acceptors (Lipinski definition) is 5. The van der Waals surface area contributed by atoms with E-state index in [9.17, 15) is 13.7 Å². The molecule has 0 fully saturated rings. The van der Waals surface area contributed by atoms with Crippen molar-refractivity contribution in [2.45, 2.75) is 27.7 Å². The molecule has 0 radical (unpaired) electrons. The molecule has 3 aromatic rings. The standard InChI is InChI=1S/C28H27BF2N4O2/c1-17-14-18(2)35(29(30)31)28(17)26(21-10-12-23(37-5)13-11-21)27-19(3)24(20(4)34-27)16-33-32-15-22-8-6-7-9-25(22)36/h6-16,36H,1-5H3/b27-26-,32-15+,33-16+. The maximum absolute atomic E-state index is 14.2. The number of para-hydroxylation sites is 1. The lowest BCUT2D eigenvalue weighted by Crippen LogP contribution is -2.18. The van der Waals surface area contributed by atoms with Gasteiger partial charge in [0.1, 0.15) is 11.5 Å². The van der Waals surface area contributed by atoms with Gasteiger partial charge in [-0.05, 0) is 74.7 Å². The summed E-state index contributed by atoms with van der Waals surface area (Å²) in [5, 5.41) is 18.1. The molecule has 0 saturated carbocycles. The van der Waals surface area contributed by atoms with Gasteiger partial charge in [-0.25, -0.2) is 0 Å². The first-order valence-electron chi connectivity index (χ1n) is 11.7. The largest absolute Gasteiger partial charge is 0.677 e. The number of methoxy groups -OCH3 is 1. The van der Waals surface area contributed by atoms with E-state index < -0.39 is 7.40 Å². The van der Waals surface area contributed by atoms with Crippen LogP contribution >= 0.6 is 0 Å². The molecule has 0 saturated heterocycles. The van der Waals surface area contributed by atoms with Gasteiger partial charge < -0.3 is 14.3 Å². The molecule has 1 aliphatic heterocycles. The fourth-order valence-electron chi connectivity index (χ4n) is 4.46. The Morgan fingerprint density at radius 2 is 1.68 bits per heavy atom. The second kappa shape index (κ2) is 10.8. The number of aliphatic imine (C=N–C) groups is 1. The maximum Gasteiger partial charge on any atom is 0.677 e. The predicted octanol–water partition coefficient (Wildman–Crippen LogP) is 6.25. The van der Waals surface area contributed by atoms with Crippen LogP contribution < -0.4 is 4.74 Å². The molecule has 0 atom stereocenters. The van der Waals surface area contributed by atoms with E-state index in [4.69, 9.17) is 9.73 Å². The highest BCUT2D eigenvalue weighted by Gasteiger charge is 2.30. The van der Waals surface area contributed by atoms with Crippen LogP contribution in [0.3, 0.4) is 0 Å². The lowest BCUT2D eigenvalue weighted by Gasteiger charge is -2.17. The summed E-state index contributed by atoms with van der Waals surface area (Å²) < 4.78 is 34.8. The molecule has 0 spiro atoms. The summed E-state index contributed by atoms with van der Waals surface area (Å²) in [6.45, 7) is 7.24. The third-order valence-electron chi connectivity index (χ3n) is 6.28. The molecule has 1 aromatic heterocycles. The van der Waals surface area contributed by atoms with Crippen molar-refractivity contribution in [3.05, 3.63) is 99.5 Å². The summed E-state index contributed by atoms with van der Waals surface area (Å²) in [5.41, 5.74) is 6.34. The molecule has 37 heavy (non-hydrogen) atoms. The Hall–Kier alpha value is -4.27. The fraction of sp³-hybridized carbons (Fsp3) is 0.179. The van der Waals surface area contributed by atoms with Crippen LogP contribution in [0.25, 0.3) is 5.57 Å². The molecule has 2 aromatic carbocycles. The lowest BCUT2D eigenvalue weighted by atomic mass is 9.93. The molecule has 0 aliphatic carbocycles. The first-order chi connectivity index (χ1) is 17.7. The first kappa shape index (κ1) is 25.8. The number of hydrogen-bond donors (Lipinski definition) is 1. The van der Waals surface area contributed by atoms with Crippen LogP contribution in [-0.4, -0.2) is 42.2 Å². The molecular weight excluding hydrogens is 473 g/mol. The van der Waals surface area contributed by atoms with E-state index in [2.05, 4.69) is 10.2 Å². The summed E-state index contributed by atoms with van der Waals surface area (Å²) in [5.74, 6) is 0.774. The Bertz CT molecular complexity index is 1480. The number of nitrogens with zero attached hydrogens (tertiary/aromatic N) is 4. The van der Waals surface area contributed by atoms with Crippen molar-refractivity contribution in [1.29, 1.82) is 0 Å². The normalized spacial score (nSPS) is 15.2.